The lowest BCUT2D eigenvalue weighted by Crippen LogP contribution is -2.28. The number of nitrogens with one attached hydrogen (secondary N) is 1. The van der Waals surface area contributed by atoms with E-state index in [1.165, 1.54) is 31.5 Å². The second-order valence-electron chi connectivity index (χ2n) is 5.03. The van der Waals surface area contributed by atoms with Gasteiger partial charge in [-0.05, 0) is 25.1 Å². The Labute approximate surface area is 134 Å². The van der Waals surface area contributed by atoms with Crippen molar-refractivity contribution in [2.24, 2.45) is 0 Å². The van der Waals surface area contributed by atoms with Gasteiger partial charge in [-0.15, -0.1) is 0 Å². The fourth-order valence-electron chi connectivity index (χ4n) is 2.33. The molecule has 1 N–H and O–H groups in total. The number of rotatable bonds is 3. The van der Waals surface area contributed by atoms with Crippen LogP contribution in [0.1, 0.15) is 18.8 Å². The summed E-state index contributed by atoms with van der Waals surface area (Å²) in [7, 11) is 0. The number of hydrogen-bond acceptors (Lipinski definition) is 4. The Morgan fingerprint density at radius 2 is 1.83 bits per heavy atom. The number of carbonyl (C=O) groups is 1. The maximum Gasteiger partial charge on any atom is 0.449 e. The van der Waals surface area contributed by atoms with E-state index in [1.807, 2.05) is 0 Å². The van der Waals surface area contributed by atoms with Crippen molar-refractivity contribution in [1.29, 1.82) is 0 Å². The largest absolute Gasteiger partial charge is 0.449 e. The second kappa shape index (κ2) is 5.91. The predicted molar refractivity (Wildman–Crippen MR) is 80.1 cm³/mol. The maximum absolute atomic E-state index is 13.3. The summed E-state index contributed by atoms with van der Waals surface area (Å²) in [4.78, 5) is 23.6. The summed E-state index contributed by atoms with van der Waals surface area (Å²) in [5, 5.41) is 2.40. The third-order valence-corrected chi connectivity index (χ3v) is 3.42. The summed E-state index contributed by atoms with van der Waals surface area (Å²) >= 11 is 0. The Bertz CT molecular complexity index is 876. The predicted octanol–water partition coefficient (Wildman–Crippen LogP) is 3.04. The van der Waals surface area contributed by atoms with Crippen LogP contribution < -0.4 is 5.32 Å². The molecule has 0 spiro atoms. The number of benzene rings is 1. The molecular formula is C15H12F3N5O. The molecule has 2 aromatic heterocycles. The number of nitrogens with zero attached hydrogens (tertiary/aromatic N) is 4. The zero-order valence-corrected chi connectivity index (χ0v) is 12.4. The van der Waals surface area contributed by atoms with Gasteiger partial charge in [0.05, 0.1) is 11.0 Å². The van der Waals surface area contributed by atoms with E-state index in [2.05, 4.69) is 20.3 Å². The molecule has 1 atom stereocenters. The first kappa shape index (κ1) is 15.9. The highest BCUT2D eigenvalue weighted by Gasteiger charge is 2.39. The molecule has 0 saturated carbocycles. The van der Waals surface area contributed by atoms with Crippen LogP contribution in [0.5, 0.6) is 0 Å². The summed E-state index contributed by atoms with van der Waals surface area (Å²) in [6.07, 6.45) is -1.85. The Balaban J connectivity index is 2.02. The molecule has 0 aliphatic rings. The molecule has 6 nitrogen and oxygen atoms in total. The zero-order chi connectivity index (χ0) is 17.3. The van der Waals surface area contributed by atoms with Crippen LogP contribution in [0.3, 0.4) is 0 Å². The highest BCUT2D eigenvalue weighted by atomic mass is 19.4. The van der Waals surface area contributed by atoms with Gasteiger partial charge >= 0.3 is 6.18 Å². The van der Waals surface area contributed by atoms with Crippen LogP contribution in [0.4, 0.5) is 19.1 Å². The van der Waals surface area contributed by atoms with Gasteiger partial charge in [0, 0.05) is 12.4 Å². The van der Waals surface area contributed by atoms with Crippen LogP contribution >= 0.6 is 0 Å². The van der Waals surface area contributed by atoms with Crippen molar-refractivity contribution in [3.8, 4) is 0 Å². The lowest BCUT2D eigenvalue weighted by Gasteiger charge is -2.17. The van der Waals surface area contributed by atoms with E-state index in [9.17, 15) is 18.0 Å². The molecule has 1 amide bonds. The third kappa shape index (κ3) is 2.92. The summed E-state index contributed by atoms with van der Waals surface area (Å²) in [5.41, 5.74) is 0.391. The van der Waals surface area contributed by atoms with Gasteiger partial charge in [0.15, 0.2) is 0 Å². The molecular weight excluding hydrogens is 323 g/mol. The number of imidazole rings is 1. The molecule has 124 valence electrons. The summed E-state index contributed by atoms with van der Waals surface area (Å²) in [6, 6.07) is 6.53. The van der Waals surface area contributed by atoms with Crippen molar-refractivity contribution < 1.29 is 18.0 Å². The molecule has 0 radical (unpaired) electrons. The van der Waals surface area contributed by atoms with Crippen molar-refractivity contribution in [2.45, 2.75) is 19.1 Å². The highest BCUT2D eigenvalue weighted by Crippen LogP contribution is 2.33. The minimum Gasteiger partial charge on any atom is -0.308 e. The number of carbonyl (C=O) groups excluding carboxylic acids is 1. The van der Waals surface area contributed by atoms with Crippen LogP contribution in [-0.2, 0) is 11.0 Å². The minimum atomic E-state index is -4.68. The molecule has 0 aliphatic heterocycles. The van der Waals surface area contributed by atoms with E-state index in [0.29, 0.717) is 0 Å². The van der Waals surface area contributed by atoms with Crippen molar-refractivity contribution >= 4 is 22.9 Å². The molecule has 0 fully saturated rings. The fourth-order valence-corrected chi connectivity index (χ4v) is 2.33. The molecule has 24 heavy (non-hydrogen) atoms. The monoisotopic (exact) mass is 335 g/mol. The van der Waals surface area contributed by atoms with E-state index < -0.39 is 23.9 Å². The number of fused-ring (bicyclic) bond motifs is 1. The van der Waals surface area contributed by atoms with E-state index in [-0.39, 0.29) is 17.0 Å². The quantitative estimate of drug-likeness (QED) is 0.798. The number of amides is 1. The van der Waals surface area contributed by atoms with E-state index in [1.54, 1.807) is 18.2 Å². The standard InChI is InChI=1S/C15H12F3N5O/c1-9(12(24)22-14-19-7-4-8-20-14)23-11-6-3-2-5-10(11)21-13(23)15(16,17)18/h2-9H,1H3,(H,19,20,22,24)/t9-/m0/s1. The molecule has 0 bridgehead atoms. The molecule has 0 saturated heterocycles. The Morgan fingerprint density at radius 1 is 1.17 bits per heavy atom. The molecule has 0 unspecified atom stereocenters. The molecule has 3 aromatic rings. The van der Waals surface area contributed by atoms with Gasteiger partial charge in [0.2, 0.25) is 17.7 Å². The van der Waals surface area contributed by atoms with Gasteiger partial charge in [-0.1, -0.05) is 12.1 Å². The van der Waals surface area contributed by atoms with Crippen molar-refractivity contribution in [3.05, 3.63) is 48.5 Å². The van der Waals surface area contributed by atoms with Gasteiger partial charge in [0.1, 0.15) is 6.04 Å². The van der Waals surface area contributed by atoms with Crippen LogP contribution in [0, 0.1) is 0 Å². The molecule has 9 heteroatoms. The highest BCUT2D eigenvalue weighted by molar-refractivity contribution is 5.93. The number of aromatic nitrogens is 4. The molecule has 2 heterocycles. The van der Waals surface area contributed by atoms with Crippen LogP contribution in [0.2, 0.25) is 0 Å². The topological polar surface area (TPSA) is 72.7 Å². The zero-order valence-electron chi connectivity index (χ0n) is 12.4. The first-order valence-corrected chi connectivity index (χ1v) is 7.00. The number of anilines is 1. The van der Waals surface area contributed by atoms with Gasteiger partial charge in [-0.2, -0.15) is 13.2 Å². The number of para-hydroxylation sites is 2. The minimum absolute atomic E-state index is 0.0207. The van der Waals surface area contributed by atoms with Gasteiger partial charge in [-0.25, -0.2) is 15.0 Å². The maximum atomic E-state index is 13.3. The third-order valence-electron chi connectivity index (χ3n) is 3.42. The number of halogens is 3. The normalized spacial score (nSPS) is 13.0. The Hall–Kier alpha value is -2.97. The lowest BCUT2D eigenvalue weighted by atomic mass is 10.2. The first-order valence-electron chi connectivity index (χ1n) is 7.00. The van der Waals surface area contributed by atoms with Crippen molar-refractivity contribution in [1.82, 2.24) is 19.5 Å². The van der Waals surface area contributed by atoms with Gasteiger partial charge < -0.3 is 4.57 Å². The lowest BCUT2D eigenvalue weighted by molar-refractivity contribution is -0.148. The summed E-state index contributed by atoms with van der Waals surface area (Å²) in [5.74, 6) is -1.78. The van der Waals surface area contributed by atoms with Crippen LogP contribution in [0.25, 0.3) is 11.0 Å². The van der Waals surface area contributed by atoms with E-state index >= 15 is 0 Å². The fraction of sp³-hybridized carbons (Fsp3) is 0.200. The molecule has 1 aromatic carbocycles. The number of alkyl halides is 3. The summed E-state index contributed by atoms with van der Waals surface area (Å²) in [6.45, 7) is 1.36. The van der Waals surface area contributed by atoms with Gasteiger partial charge in [-0.3, -0.25) is 10.1 Å². The SMILES string of the molecule is C[C@@H](C(=O)Nc1ncccn1)n1c(C(F)(F)F)nc2ccccc21. The first-order chi connectivity index (χ1) is 11.4. The van der Waals surface area contributed by atoms with Crippen molar-refractivity contribution in [3.63, 3.8) is 0 Å². The number of hydrogen-bond donors (Lipinski definition) is 1. The van der Waals surface area contributed by atoms with Crippen molar-refractivity contribution in [2.75, 3.05) is 5.32 Å². The molecule has 3 rings (SSSR count). The van der Waals surface area contributed by atoms with E-state index in [4.69, 9.17) is 0 Å². The van der Waals surface area contributed by atoms with Crippen LogP contribution in [-0.4, -0.2) is 25.4 Å². The van der Waals surface area contributed by atoms with Crippen LogP contribution in [0.15, 0.2) is 42.7 Å². The van der Waals surface area contributed by atoms with E-state index in [0.717, 1.165) is 4.57 Å². The second-order valence-corrected chi connectivity index (χ2v) is 5.03. The molecule has 0 aliphatic carbocycles. The average molecular weight is 335 g/mol. The smallest absolute Gasteiger partial charge is 0.308 e. The Kier molecular flexibility index (Phi) is 3.92. The average Bonchev–Trinajstić information content (AvgIpc) is 2.95. The Morgan fingerprint density at radius 3 is 2.50 bits per heavy atom. The summed E-state index contributed by atoms with van der Waals surface area (Å²) < 4.78 is 40.8. The van der Waals surface area contributed by atoms with Gasteiger partial charge in [0.25, 0.3) is 0 Å².